The van der Waals surface area contributed by atoms with Gasteiger partial charge in [-0.1, -0.05) is 53.7 Å². The maximum absolute atomic E-state index is 13.1. The van der Waals surface area contributed by atoms with Crippen molar-refractivity contribution in [2.45, 2.75) is 44.9 Å². The summed E-state index contributed by atoms with van der Waals surface area (Å²) >= 11 is 3.53. The van der Waals surface area contributed by atoms with Gasteiger partial charge in [-0.15, -0.1) is 12.4 Å². The van der Waals surface area contributed by atoms with Crippen LogP contribution in [0, 0.1) is 11.8 Å². The molecule has 1 heterocycles. The van der Waals surface area contributed by atoms with Gasteiger partial charge in [-0.05, 0) is 67.0 Å². The van der Waals surface area contributed by atoms with Gasteiger partial charge < -0.3 is 15.3 Å². The molecule has 178 valence electrons. The highest BCUT2D eigenvalue weighted by Crippen LogP contribution is 2.38. The lowest BCUT2D eigenvalue weighted by Crippen LogP contribution is -2.30. The highest BCUT2D eigenvalue weighted by Gasteiger charge is 2.29. The molecule has 1 amide bonds. The number of benzene rings is 2. The molecule has 2 aliphatic rings. The quantitative estimate of drug-likeness (QED) is 0.480. The van der Waals surface area contributed by atoms with Crippen LogP contribution < -0.4 is 10.2 Å². The smallest absolute Gasteiger partial charge is 0.335 e. The lowest BCUT2D eigenvalue weighted by Gasteiger charge is -2.29. The average Bonchev–Trinajstić information content (AvgIpc) is 3.02. The number of carbonyl (C=O) groups is 2. The van der Waals surface area contributed by atoms with E-state index in [0.29, 0.717) is 18.5 Å². The Morgan fingerprint density at radius 2 is 1.61 bits per heavy atom. The Morgan fingerprint density at radius 3 is 2.21 bits per heavy atom. The van der Waals surface area contributed by atoms with Crippen molar-refractivity contribution in [1.82, 2.24) is 5.32 Å². The minimum Gasteiger partial charge on any atom is -0.478 e. The van der Waals surface area contributed by atoms with Gasteiger partial charge in [-0.25, -0.2) is 4.79 Å². The van der Waals surface area contributed by atoms with Crippen molar-refractivity contribution in [3.63, 3.8) is 0 Å². The second kappa shape index (κ2) is 11.9. The van der Waals surface area contributed by atoms with Crippen molar-refractivity contribution >= 4 is 45.9 Å². The molecule has 0 aromatic heterocycles. The van der Waals surface area contributed by atoms with Crippen LogP contribution in [0.4, 0.5) is 5.69 Å². The largest absolute Gasteiger partial charge is 0.478 e. The third-order valence-corrected chi connectivity index (χ3v) is 7.54. The Labute approximate surface area is 210 Å². The summed E-state index contributed by atoms with van der Waals surface area (Å²) in [7, 11) is 0. The van der Waals surface area contributed by atoms with Crippen molar-refractivity contribution in [1.29, 1.82) is 0 Å². The Kier molecular flexibility index (Phi) is 9.21. The minimum absolute atomic E-state index is 0. The fourth-order valence-corrected chi connectivity index (χ4v) is 5.60. The molecule has 33 heavy (non-hydrogen) atoms. The van der Waals surface area contributed by atoms with E-state index in [0.717, 1.165) is 40.6 Å². The summed E-state index contributed by atoms with van der Waals surface area (Å²) in [5.74, 6) is 0.688. The molecule has 0 bridgehead atoms. The Hall–Kier alpha value is -2.05. The predicted molar refractivity (Wildman–Crippen MR) is 138 cm³/mol. The number of rotatable bonds is 6. The molecule has 2 aromatic carbocycles. The van der Waals surface area contributed by atoms with Crippen LogP contribution in [-0.2, 0) is 6.42 Å². The molecular weight excluding hydrogens is 504 g/mol. The molecule has 2 N–H and O–H groups in total. The molecule has 1 aliphatic carbocycles. The van der Waals surface area contributed by atoms with Crippen LogP contribution >= 0.6 is 28.3 Å². The zero-order chi connectivity index (χ0) is 22.5. The highest BCUT2D eigenvalue weighted by atomic mass is 79.9. The molecule has 5 nitrogen and oxygen atoms in total. The fourth-order valence-electron chi connectivity index (χ4n) is 5.24. The van der Waals surface area contributed by atoms with Crippen molar-refractivity contribution in [3.05, 3.63) is 63.6 Å². The molecule has 1 saturated carbocycles. The normalized spacial score (nSPS) is 20.2. The van der Waals surface area contributed by atoms with Crippen LogP contribution in [0.5, 0.6) is 0 Å². The van der Waals surface area contributed by atoms with Crippen LogP contribution in [0.15, 0.2) is 46.9 Å². The molecule has 1 saturated heterocycles. The van der Waals surface area contributed by atoms with Crippen molar-refractivity contribution in [2.24, 2.45) is 11.8 Å². The zero-order valence-corrected chi connectivity index (χ0v) is 21.2. The van der Waals surface area contributed by atoms with Crippen molar-refractivity contribution in [3.8, 4) is 0 Å². The van der Waals surface area contributed by atoms with Gasteiger partial charge in [0.25, 0.3) is 5.91 Å². The zero-order valence-electron chi connectivity index (χ0n) is 18.8. The first-order chi connectivity index (χ1) is 15.5. The number of anilines is 1. The number of hydrogen-bond acceptors (Lipinski definition) is 3. The summed E-state index contributed by atoms with van der Waals surface area (Å²) in [4.78, 5) is 26.5. The lowest BCUT2D eigenvalue weighted by molar-refractivity contribution is 0.0696. The summed E-state index contributed by atoms with van der Waals surface area (Å²) in [6, 6.07) is 12.8. The van der Waals surface area contributed by atoms with Gasteiger partial charge in [0, 0.05) is 29.8 Å². The maximum Gasteiger partial charge on any atom is 0.335 e. The van der Waals surface area contributed by atoms with Gasteiger partial charge >= 0.3 is 5.97 Å². The van der Waals surface area contributed by atoms with Crippen LogP contribution in [0.25, 0.3) is 0 Å². The molecule has 1 aliphatic heterocycles. The van der Waals surface area contributed by atoms with Crippen LogP contribution in [-0.4, -0.2) is 36.6 Å². The monoisotopic (exact) mass is 534 g/mol. The molecular formula is C26H32BrClN2O3. The fraction of sp³-hybridized carbons (Fsp3) is 0.462. The lowest BCUT2D eigenvalue weighted by atomic mass is 9.77. The van der Waals surface area contributed by atoms with Gasteiger partial charge in [0.1, 0.15) is 0 Å². The number of fused-ring (bicyclic) bond motifs is 1. The first-order valence-corrected chi connectivity index (χ1v) is 12.5. The van der Waals surface area contributed by atoms with Gasteiger partial charge in [-0.2, -0.15) is 0 Å². The highest BCUT2D eigenvalue weighted by molar-refractivity contribution is 9.10. The molecule has 0 spiro atoms. The number of aromatic carboxylic acids is 1. The summed E-state index contributed by atoms with van der Waals surface area (Å²) in [6.45, 7) is 2.53. The Morgan fingerprint density at radius 1 is 0.970 bits per heavy atom. The van der Waals surface area contributed by atoms with E-state index in [-0.39, 0.29) is 23.9 Å². The molecule has 2 atom stereocenters. The summed E-state index contributed by atoms with van der Waals surface area (Å²) in [5.41, 5.74) is 3.01. The molecule has 2 unspecified atom stereocenters. The summed E-state index contributed by atoms with van der Waals surface area (Å²) in [6.07, 6.45) is 8.54. The number of carboxylic acid groups (broad SMARTS) is 1. The number of carboxylic acids is 1. The number of nitrogens with one attached hydrogen (secondary N) is 1. The number of halogens is 2. The van der Waals surface area contributed by atoms with Gasteiger partial charge in [0.2, 0.25) is 0 Å². The van der Waals surface area contributed by atoms with E-state index in [1.807, 2.05) is 12.1 Å². The van der Waals surface area contributed by atoms with Crippen LogP contribution in [0.2, 0.25) is 0 Å². The second-order valence-corrected chi connectivity index (χ2v) is 9.95. The predicted octanol–water partition coefficient (Wildman–Crippen LogP) is 5.95. The van der Waals surface area contributed by atoms with Crippen molar-refractivity contribution in [2.75, 3.05) is 24.5 Å². The van der Waals surface area contributed by atoms with E-state index in [2.05, 4.69) is 32.2 Å². The molecule has 7 heteroatoms. The number of carbonyl (C=O) groups excluding carboxylic acids is 1. The summed E-state index contributed by atoms with van der Waals surface area (Å²) in [5, 5.41) is 12.1. The summed E-state index contributed by atoms with van der Waals surface area (Å²) < 4.78 is 0.902. The van der Waals surface area contributed by atoms with Gasteiger partial charge in [0.15, 0.2) is 0 Å². The number of hydrogen-bond donors (Lipinski definition) is 2. The number of amides is 1. The van der Waals surface area contributed by atoms with Gasteiger partial charge in [-0.3, -0.25) is 4.79 Å². The first-order valence-electron chi connectivity index (χ1n) is 11.7. The SMILES string of the molecule is Cl.O=C(O)c1ccc(CCNC(=O)c2cc(Br)ccc2N2CCC3CCCCC3CC2)cc1. The molecule has 4 rings (SSSR count). The topological polar surface area (TPSA) is 69.6 Å². The number of nitrogens with zero attached hydrogens (tertiary/aromatic N) is 1. The van der Waals surface area contributed by atoms with E-state index >= 15 is 0 Å². The van der Waals surface area contributed by atoms with E-state index < -0.39 is 5.97 Å². The van der Waals surface area contributed by atoms with E-state index in [1.54, 1.807) is 24.3 Å². The first kappa shape index (κ1) is 25.6. The van der Waals surface area contributed by atoms with E-state index in [1.165, 1.54) is 38.5 Å². The van der Waals surface area contributed by atoms with Crippen molar-refractivity contribution < 1.29 is 14.7 Å². The van der Waals surface area contributed by atoms with E-state index in [4.69, 9.17) is 5.11 Å². The molecule has 0 radical (unpaired) electrons. The molecule has 2 fully saturated rings. The Bertz CT molecular complexity index is 951. The average molecular weight is 536 g/mol. The Balaban J connectivity index is 0.00000306. The minimum atomic E-state index is -0.931. The van der Waals surface area contributed by atoms with Crippen LogP contribution in [0.1, 0.15) is 64.8 Å². The van der Waals surface area contributed by atoms with E-state index in [9.17, 15) is 9.59 Å². The third kappa shape index (κ3) is 6.51. The maximum atomic E-state index is 13.1. The standard InChI is InChI=1S/C26H31BrN2O3.ClH/c27-22-9-10-24(29-15-12-19-3-1-2-4-20(19)13-16-29)23(17-22)25(30)28-14-11-18-5-7-21(8-6-18)26(31)32;/h5-10,17,19-20H,1-4,11-16H2,(H,28,30)(H,31,32);1H. The van der Waals surface area contributed by atoms with Crippen LogP contribution in [0.3, 0.4) is 0 Å². The second-order valence-electron chi connectivity index (χ2n) is 9.04. The van der Waals surface area contributed by atoms with Gasteiger partial charge in [0.05, 0.1) is 11.1 Å². The third-order valence-electron chi connectivity index (χ3n) is 7.05. The molecule has 2 aromatic rings.